The van der Waals surface area contributed by atoms with Gasteiger partial charge in [-0.05, 0) is 12.8 Å². The van der Waals surface area contributed by atoms with Crippen molar-refractivity contribution in [1.29, 1.82) is 0 Å². The SMILES string of the molecule is CCCCCCC=CC(CC(=O)O)C(=O)O.OCCONOCCO. The van der Waals surface area contributed by atoms with Gasteiger partial charge in [0, 0.05) is 0 Å². The lowest BCUT2D eigenvalue weighted by molar-refractivity contribution is -0.178. The number of unbranched alkanes of at least 4 members (excludes halogenated alkanes) is 4. The molecule has 0 fully saturated rings. The maximum absolute atomic E-state index is 10.7. The second-order valence-corrected chi connectivity index (χ2v) is 5.05. The van der Waals surface area contributed by atoms with E-state index in [0.717, 1.165) is 19.3 Å². The highest BCUT2D eigenvalue weighted by atomic mass is 16.9. The van der Waals surface area contributed by atoms with Crippen molar-refractivity contribution in [2.24, 2.45) is 5.92 Å². The fourth-order valence-electron chi connectivity index (χ4n) is 1.59. The molecule has 1 atom stereocenters. The van der Waals surface area contributed by atoms with Crippen LogP contribution in [0.3, 0.4) is 0 Å². The number of aliphatic carboxylic acids is 2. The Morgan fingerprint density at radius 1 is 1.04 bits per heavy atom. The molecule has 9 heteroatoms. The fraction of sp³-hybridized carbons (Fsp3) is 0.750. The van der Waals surface area contributed by atoms with Crippen molar-refractivity contribution in [2.45, 2.75) is 45.4 Å². The number of aliphatic hydroxyl groups is 2. The van der Waals surface area contributed by atoms with E-state index < -0.39 is 17.9 Å². The third-order valence-corrected chi connectivity index (χ3v) is 2.81. The van der Waals surface area contributed by atoms with Crippen molar-refractivity contribution in [3.8, 4) is 0 Å². The summed E-state index contributed by atoms with van der Waals surface area (Å²) in [6, 6.07) is 0. The zero-order valence-corrected chi connectivity index (χ0v) is 14.7. The van der Waals surface area contributed by atoms with Crippen LogP contribution in [0, 0.1) is 5.92 Å². The van der Waals surface area contributed by atoms with Gasteiger partial charge in [0.15, 0.2) is 0 Å². The Morgan fingerprint density at radius 3 is 2.08 bits per heavy atom. The second-order valence-electron chi connectivity index (χ2n) is 5.05. The number of nitrogens with one attached hydrogen (secondary N) is 1. The molecule has 0 rings (SSSR count). The van der Waals surface area contributed by atoms with Crippen LogP contribution in [0.25, 0.3) is 0 Å². The predicted octanol–water partition coefficient (Wildman–Crippen LogP) is 1.11. The van der Waals surface area contributed by atoms with Crippen LogP contribution >= 0.6 is 0 Å². The third-order valence-electron chi connectivity index (χ3n) is 2.81. The summed E-state index contributed by atoms with van der Waals surface area (Å²) in [6.07, 6.45) is 8.26. The minimum Gasteiger partial charge on any atom is -0.481 e. The van der Waals surface area contributed by atoms with Gasteiger partial charge in [-0.1, -0.05) is 44.0 Å². The first kappa shape index (κ1) is 25.7. The van der Waals surface area contributed by atoms with Crippen LogP contribution in [-0.2, 0) is 19.3 Å². The number of carboxylic acid groups (broad SMARTS) is 2. The van der Waals surface area contributed by atoms with Crippen LogP contribution < -0.4 is 5.64 Å². The molecule has 0 heterocycles. The molecule has 0 saturated heterocycles. The minimum absolute atomic E-state index is 0.0600. The van der Waals surface area contributed by atoms with E-state index in [1.807, 2.05) is 0 Å². The molecule has 0 spiro atoms. The Morgan fingerprint density at radius 2 is 1.64 bits per heavy atom. The monoisotopic (exact) mass is 365 g/mol. The molecule has 0 bridgehead atoms. The molecular formula is C16H31NO8. The summed E-state index contributed by atoms with van der Waals surface area (Å²) in [5.41, 5.74) is 2.07. The molecule has 5 N–H and O–H groups in total. The van der Waals surface area contributed by atoms with Crippen LogP contribution in [0.15, 0.2) is 12.2 Å². The van der Waals surface area contributed by atoms with E-state index in [1.165, 1.54) is 18.9 Å². The van der Waals surface area contributed by atoms with Gasteiger partial charge in [0.2, 0.25) is 0 Å². The number of rotatable bonds is 15. The van der Waals surface area contributed by atoms with Gasteiger partial charge in [0.25, 0.3) is 0 Å². The molecule has 9 nitrogen and oxygen atoms in total. The number of aliphatic hydroxyl groups excluding tert-OH is 2. The summed E-state index contributed by atoms with van der Waals surface area (Å²) in [5.74, 6) is -3.06. The van der Waals surface area contributed by atoms with E-state index in [1.54, 1.807) is 6.08 Å². The summed E-state index contributed by atoms with van der Waals surface area (Å²) in [5, 5.41) is 33.6. The fourth-order valence-corrected chi connectivity index (χ4v) is 1.59. The van der Waals surface area contributed by atoms with Crippen molar-refractivity contribution < 1.29 is 39.7 Å². The molecule has 1 unspecified atom stereocenters. The van der Waals surface area contributed by atoms with Crippen LogP contribution in [0.4, 0.5) is 0 Å². The highest BCUT2D eigenvalue weighted by Crippen LogP contribution is 2.08. The standard InChI is InChI=1S/C12H20O4.C4H11NO4/c1-2-3-4-5-6-7-8-10(12(15)16)9-11(13)14;6-1-3-8-5-9-4-2-7/h7-8,10H,2-6,9H2,1H3,(H,13,14)(H,15,16);5-7H,1-4H2. The first-order chi connectivity index (χ1) is 12.0. The highest BCUT2D eigenvalue weighted by Gasteiger charge is 2.17. The van der Waals surface area contributed by atoms with E-state index in [0.29, 0.717) is 0 Å². The summed E-state index contributed by atoms with van der Waals surface area (Å²) in [6.45, 7) is 2.35. The lowest BCUT2D eigenvalue weighted by atomic mass is 10.0. The number of hydrogen-bond acceptors (Lipinski definition) is 7. The molecule has 0 aromatic heterocycles. The Hall–Kier alpha value is -1.52. The molecular weight excluding hydrogens is 334 g/mol. The molecule has 0 amide bonds. The first-order valence-corrected chi connectivity index (χ1v) is 8.31. The van der Waals surface area contributed by atoms with E-state index in [9.17, 15) is 9.59 Å². The quantitative estimate of drug-likeness (QED) is 0.164. The van der Waals surface area contributed by atoms with E-state index >= 15 is 0 Å². The van der Waals surface area contributed by atoms with E-state index in [2.05, 4.69) is 22.2 Å². The molecule has 0 aromatic rings. The number of carboxylic acids is 2. The molecule has 148 valence electrons. The highest BCUT2D eigenvalue weighted by molar-refractivity contribution is 5.79. The lowest BCUT2D eigenvalue weighted by Gasteiger charge is -2.03. The molecule has 0 radical (unpaired) electrons. The summed E-state index contributed by atoms with van der Waals surface area (Å²) in [7, 11) is 0. The average Bonchev–Trinajstić information content (AvgIpc) is 2.57. The molecule has 0 aliphatic rings. The Kier molecular flexibility index (Phi) is 21.1. The van der Waals surface area contributed by atoms with Crippen molar-refractivity contribution in [1.82, 2.24) is 5.64 Å². The smallest absolute Gasteiger partial charge is 0.310 e. The van der Waals surface area contributed by atoms with Gasteiger partial charge in [-0.15, -0.1) is 0 Å². The number of hydrogen-bond donors (Lipinski definition) is 5. The van der Waals surface area contributed by atoms with Gasteiger partial charge in [-0.3, -0.25) is 19.3 Å². The summed E-state index contributed by atoms with van der Waals surface area (Å²) in [4.78, 5) is 30.0. The van der Waals surface area contributed by atoms with Crippen LogP contribution in [0.1, 0.15) is 45.4 Å². The third kappa shape index (κ3) is 22.5. The molecule has 25 heavy (non-hydrogen) atoms. The predicted molar refractivity (Wildman–Crippen MR) is 90.5 cm³/mol. The van der Waals surface area contributed by atoms with Crippen LogP contribution in [0.2, 0.25) is 0 Å². The Balaban J connectivity index is 0. The van der Waals surface area contributed by atoms with Gasteiger partial charge in [0.05, 0.1) is 38.8 Å². The molecule has 0 aliphatic heterocycles. The van der Waals surface area contributed by atoms with E-state index in [4.69, 9.17) is 20.4 Å². The van der Waals surface area contributed by atoms with Crippen LogP contribution in [0.5, 0.6) is 0 Å². The second kappa shape index (κ2) is 20.5. The summed E-state index contributed by atoms with van der Waals surface area (Å²) < 4.78 is 0. The summed E-state index contributed by atoms with van der Waals surface area (Å²) >= 11 is 0. The van der Waals surface area contributed by atoms with Gasteiger partial charge in [-0.2, -0.15) is 0 Å². The first-order valence-electron chi connectivity index (χ1n) is 8.31. The lowest BCUT2D eigenvalue weighted by Crippen LogP contribution is -2.19. The molecule has 0 saturated carbocycles. The average molecular weight is 365 g/mol. The normalized spacial score (nSPS) is 11.8. The maximum atomic E-state index is 10.7. The molecule has 0 aliphatic carbocycles. The largest absolute Gasteiger partial charge is 0.481 e. The van der Waals surface area contributed by atoms with E-state index in [-0.39, 0.29) is 32.8 Å². The van der Waals surface area contributed by atoms with Crippen LogP contribution in [-0.4, -0.2) is 58.8 Å². The minimum atomic E-state index is -1.08. The van der Waals surface area contributed by atoms with Crippen molar-refractivity contribution in [3.05, 3.63) is 12.2 Å². The zero-order chi connectivity index (χ0) is 19.3. The number of carbonyl (C=O) groups is 2. The van der Waals surface area contributed by atoms with Crippen molar-refractivity contribution >= 4 is 11.9 Å². The zero-order valence-electron chi connectivity index (χ0n) is 14.7. The van der Waals surface area contributed by atoms with Gasteiger partial charge in [-0.25, -0.2) is 0 Å². The van der Waals surface area contributed by atoms with Crippen molar-refractivity contribution in [2.75, 3.05) is 26.4 Å². The Labute approximate surface area is 148 Å². The Bertz CT molecular complexity index is 343. The maximum Gasteiger partial charge on any atom is 0.310 e. The topological polar surface area (TPSA) is 146 Å². The van der Waals surface area contributed by atoms with Gasteiger partial charge >= 0.3 is 11.9 Å². The van der Waals surface area contributed by atoms with Gasteiger partial charge in [0.1, 0.15) is 0 Å². The van der Waals surface area contributed by atoms with Gasteiger partial charge < -0.3 is 20.4 Å². The number of allylic oxidation sites excluding steroid dienone is 1. The van der Waals surface area contributed by atoms with Crippen molar-refractivity contribution in [3.63, 3.8) is 0 Å². The molecule has 0 aromatic carbocycles.